The topological polar surface area (TPSA) is 45.2 Å². The molecule has 3 rings (SSSR count). The number of amides is 1. The molecule has 0 spiro atoms. The number of aromatic nitrogens is 1. The molecule has 0 unspecified atom stereocenters. The van der Waals surface area contributed by atoms with Crippen molar-refractivity contribution in [1.82, 2.24) is 15.2 Å². The molecule has 1 saturated heterocycles. The molecule has 126 valence electrons. The number of hydrogen-bond donors (Lipinski definition) is 1. The summed E-state index contributed by atoms with van der Waals surface area (Å²) in [6, 6.07) is 11.5. The van der Waals surface area contributed by atoms with E-state index in [1.54, 1.807) is 18.3 Å². The highest BCUT2D eigenvalue weighted by Gasteiger charge is 2.13. The van der Waals surface area contributed by atoms with Crippen LogP contribution in [0, 0.1) is 0 Å². The number of halogens is 1. The smallest absolute Gasteiger partial charge is 0.270 e. The van der Waals surface area contributed by atoms with Gasteiger partial charge in [-0.15, -0.1) is 0 Å². The van der Waals surface area contributed by atoms with Gasteiger partial charge in [0.25, 0.3) is 5.91 Å². The maximum atomic E-state index is 12.2. The Bertz CT molecular complexity index is 699. The highest BCUT2D eigenvalue weighted by molar-refractivity contribution is 6.30. The average Bonchev–Trinajstić information content (AvgIpc) is 2.61. The van der Waals surface area contributed by atoms with Crippen LogP contribution in [0.4, 0.5) is 0 Å². The van der Waals surface area contributed by atoms with Gasteiger partial charge < -0.3 is 5.32 Å². The van der Waals surface area contributed by atoms with Crippen LogP contribution in [0.25, 0.3) is 0 Å². The molecule has 1 aliphatic rings. The summed E-state index contributed by atoms with van der Waals surface area (Å²) in [5.74, 6) is -0.203. The lowest BCUT2D eigenvalue weighted by molar-refractivity contribution is 0.0945. The zero-order valence-corrected chi connectivity index (χ0v) is 14.4. The predicted molar refractivity (Wildman–Crippen MR) is 96.0 cm³/mol. The molecular formula is C19H22ClN3O. The molecule has 0 aliphatic carbocycles. The first-order valence-corrected chi connectivity index (χ1v) is 8.79. The van der Waals surface area contributed by atoms with Crippen molar-refractivity contribution in [3.8, 4) is 0 Å². The van der Waals surface area contributed by atoms with Gasteiger partial charge in [-0.1, -0.05) is 42.3 Å². The number of hydrogen-bond acceptors (Lipinski definition) is 3. The molecule has 5 heteroatoms. The van der Waals surface area contributed by atoms with Crippen molar-refractivity contribution in [2.45, 2.75) is 32.4 Å². The molecule has 1 amide bonds. The zero-order valence-electron chi connectivity index (χ0n) is 13.7. The van der Waals surface area contributed by atoms with Crippen molar-refractivity contribution in [3.63, 3.8) is 0 Å². The third kappa shape index (κ3) is 4.56. The Balaban J connectivity index is 1.63. The molecule has 24 heavy (non-hydrogen) atoms. The fourth-order valence-electron chi connectivity index (χ4n) is 3.04. The summed E-state index contributed by atoms with van der Waals surface area (Å²) in [7, 11) is 0. The Labute approximate surface area is 147 Å². The number of benzene rings is 1. The molecule has 0 bridgehead atoms. The van der Waals surface area contributed by atoms with Crippen LogP contribution in [0.2, 0.25) is 5.02 Å². The van der Waals surface area contributed by atoms with Gasteiger partial charge in [0.1, 0.15) is 5.69 Å². The van der Waals surface area contributed by atoms with E-state index in [0.29, 0.717) is 17.3 Å². The lowest BCUT2D eigenvalue weighted by atomic mass is 10.0. The quantitative estimate of drug-likeness (QED) is 0.901. The summed E-state index contributed by atoms with van der Waals surface area (Å²) in [5.41, 5.74) is 2.77. The van der Waals surface area contributed by atoms with E-state index in [-0.39, 0.29) is 5.91 Å². The largest absolute Gasteiger partial charge is 0.347 e. The third-order valence-electron chi connectivity index (χ3n) is 4.36. The summed E-state index contributed by atoms with van der Waals surface area (Å²) in [4.78, 5) is 18.8. The van der Waals surface area contributed by atoms with Crippen LogP contribution >= 0.6 is 11.6 Å². The first-order valence-electron chi connectivity index (χ1n) is 8.41. The Morgan fingerprint density at radius 1 is 1.12 bits per heavy atom. The van der Waals surface area contributed by atoms with Gasteiger partial charge in [0.2, 0.25) is 0 Å². The summed E-state index contributed by atoms with van der Waals surface area (Å²) in [6.07, 6.45) is 5.43. The van der Waals surface area contributed by atoms with Crippen LogP contribution in [0.3, 0.4) is 0 Å². The van der Waals surface area contributed by atoms with Gasteiger partial charge in [-0.2, -0.15) is 0 Å². The minimum Gasteiger partial charge on any atom is -0.347 e. The molecule has 0 saturated carbocycles. The molecule has 2 heterocycles. The lowest BCUT2D eigenvalue weighted by Crippen LogP contribution is -2.30. The highest BCUT2D eigenvalue weighted by atomic mass is 35.5. The Kier molecular flexibility index (Phi) is 5.83. The van der Waals surface area contributed by atoms with Crippen molar-refractivity contribution in [2.24, 2.45) is 0 Å². The van der Waals surface area contributed by atoms with Crippen molar-refractivity contribution in [2.75, 3.05) is 13.1 Å². The fourth-order valence-corrected chi connectivity index (χ4v) is 3.20. The van der Waals surface area contributed by atoms with Crippen LogP contribution in [-0.2, 0) is 13.1 Å². The van der Waals surface area contributed by atoms with Crippen LogP contribution in [-0.4, -0.2) is 28.9 Å². The van der Waals surface area contributed by atoms with Gasteiger partial charge in [0.15, 0.2) is 0 Å². The van der Waals surface area contributed by atoms with Crippen molar-refractivity contribution in [1.29, 1.82) is 0 Å². The van der Waals surface area contributed by atoms with Crippen LogP contribution in [0.15, 0.2) is 42.6 Å². The molecule has 1 N–H and O–H groups in total. The summed E-state index contributed by atoms with van der Waals surface area (Å²) < 4.78 is 0. The SMILES string of the molecule is O=C(NCc1ccccc1CN1CCCCC1)c1cc(Cl)ccn1. The lowest BCUT2D eigenvalue weighted by Gasteiger charge is -2.27. The van der Waals surface area contributed by atoms with E-state index in [1.807, 2.05) is 6.07 Å². The number of nitrogens with one attached hydrogen (secondary N) is 1. The number of carbonyl (C=O) groups excluding carboxylic acids is 1. The van der Waals surface area contributed by atoms with E-state index >= 15 is 0 Å². The van der Waals surface area contributed by atoms with Crippen LogP contribution < -0.4 is 5.32 Å². The molecule has 0 atom stereocenters. The minimum atomic E-state index is -0.203. The van der Waals surface area contributed by atoms with Crippen molar-refractivity contribution < 1.29 is 4.79 Å². The first kappa shape index (κ1) is 16.9. The highest BCUT2D eigenvalue weighted by Crippen LogP contribution is 2.16. The number of rotatable bonds is 5. The Morgan fingerprint density at radius 2 is 1.88 bits per heavy atom. The summed E-state index contributed by atoms with van der Waals surface area (Å²) in [6.45, 7) is 3.76. The molecule has 2 aromatic rings. The average molecular weight is 344 g/mol. The second-order valence-corrected chi connectivity index (χ2v) is 6.58. The maximum Gasteiger partial charge on any atom is 0.270 e. The molecular weight excluding hydrogens is 322 g/mol. The summed E-state index contributed by atoms with van der Waals surface area (Å²) >= 11 is 5.91. The van der Waals surface area contributed by atoms with Gasteiger partial charge >= 0.3 is 0 Å². The van der Waals surface area contributed by atoms with E-state index in [1.165, 1.54) is 24.8 Å². The molecule has 4 nitrogen and oxygen atoms in total. The number of pyridine rings is 1. The normalized spacial score (nSPS) is 15.2. The zero-order chi connectivity index (χ0) is 16.8. The minimum absolute atomic E-state index is 0.203. The van der Waals surface area contributed by atoms with Gasteiger partial charge in [0, 0.05) is 24.3 Å². The fraction of sp³-hybridized carbons (Fsp3) is 0.368. The maximum absolute atomic E-state index is 12.2. The Hall–Kier alpha value is -1.91. The molecule has 0 radical (unpaired) electrons. The van der Waals surface area contributed by atoms with Crippen molar-refractivity contribution in [3.05, 3.63) is 64.4 Å². The van der Waals surface area contributed by atoms with Gasteiger partial charge in [-0.25, -0.2) is 0 Å². The summed E-state index contributed by atoms with van der Waals surface area (Å²) in [5, 5.41) is 3.46. The second-order valence-electron chi connectivity index (χ2n) is 6.15. The number of carbonyl (C=O) groups is 1. The van der Waals surface area contributed by atoms with E-state index in [0.717, 1.165) is 25.2 Å². The van der Waals surface area contributed by atoms with Crippen LogP contribution in [0.1, 0.15) is 40.9 Å². The number of nitrogens with zero attached hydrogens (tertiary/aromatic N) is 2. The van der Waals surface area contributed by atoms with E-state index in [2.05, 4.69) is 33.4 Å². The molecule has 1 aromatic heterocycles. The molecule has 1 fully saturated rings. The van der Waals surface area contributed by atoms with E-state index < -0.39 is 0 Å². The molecule has 1 aliphatic heterocycles. The first-order chi connectivity index (χ1) is 11.7. The van der Waals surface area contributed by atoms with E-state index in [4.69, 9.17) is 11.6 Å². The van der Waals surface area contributed by atoms with Gasteiger partial charge in [-0.05, 0) is 49.2 Å². The van der Waals surface area contributed by atoms with Crippen molar-refractivity contribution >= 4 is 17.5 Å². The number of piperidine rings is 1. The molecule has 1 aromatic carbocycles. The second kappa shape index (κ2) is 8.27. The van der Waals surface area contributed by atoms with Gasteiger partial charge in [0.05, 0.1) is 0 Å². The third-order valence-corrected chi connectivity index (χ3v) is 4.59. The predicted octanol–water partition coefficient (Wildman–Crippen LogP) is 3.65. The standard InChI is InChI=1S/C19H22ClN3O/c20-17-8-9-21-18(12-17)19(24)22-13-15-6-2-3-7-16(15)14-23-10-4-1-5-11-23/h2-3,6-9,12H,1,4-5,10-11,13-14H2,(H,22,24). The number of likely N-dealkylation sites (tertiary alicyclic amines) is 1. The monoisotopic (exact) mass is 343 g/mol. The Morgan fingerprint density at radius 3 is 2.62 bits per heavy atom. The van der Waals surface area contributed by atoms with Crippen LogP contribution in [0.5, 0.6) is 0 Å². The van der Waals surface area contributed by atoms with Gasteiger partial charge in [-0.3, -0.25) is 14.7 Å². The van der Waals surface area contributed by atoms with E-state index in [9.17, 15) is 4.79 Å².